The van der Waals surface area contributed by atoms with Crippen LogP contribution < -0.4 is 10.0 Å². The summed E-state index contributed by atoms with van der Waals surface area (Å²) in [5.74, 6) is 0.569. The average molecular weight is 233 g/mol. The van der Waals surface area contributed by atoms with Gasteiger partial charge in [0.25, 0.3) is 0 Å². The molecule has 6 heteroatoms. The first-order valence-electron chi connectivity index (χ1n) is 4.62. The van der Waals surface area contributed by atoms with Crippen LogP contribution in [0.2, 0.25) is 0 Å². The lowest BCUT2D eigenvalue weighted by atomic mass is 10.5. The van der Waals surface area contributed by atoms with Crippen LogP contribution in [0.5, 0.6) is 5.88 Å². The molecule has 0 saturated heterocycles. The molecule has 0 aliphatic heterocycles. The van der Waals surface area contributed by atoms with E-state index in [4.69, 9.17) is 13.8 Å². The third-order valence-electron chi connectivity index (χ3n) is 2.04. The summed E-state index contributed by atoms with van der Waals surface area (Å²) < 4.78 is 27.1. The molecule has 86 valence electrons. The summed E-state index contributed by atoms with van der Waals surface area (Å²) in [6, 6.07) is 1.65. The highest BCUT2D eigenvalue weighted by molar-refractivity contribution is 7.62. The van der Waals surface area contributed by atoms with E-state index in [1.165, 1.54) is 14.2 Å². The highest BCUT2D eigenvalue weighted by Crippen LogP contribution is 2.46. The highest BCUT2D eigenvalue weighted by Gasteiger charge is 2.28. The maximum absolute atomic E-state index is 12.1. The molecule has 0 bridgehead atoms. The van der Waals surface area contributed by atoms with Gasteiger partial charge in [-0.3, -0.25) is 4.57 Å². The molecule has 1 N–H and O–H groups in total. The average Bonchev–Trinajstić information content (AvgIpc) is 2.60. The molecular formula is C9H16NO4P. The number of nitrogens with one attached hydrogen (secondary N) is 1. The predicted molar refractivity (Wildman–Crippen MR) is 58.0 cm³/mol. The van der Waals surface area contributed by atoms with E-state index in [0.29, 0.717) is 17.8 Å². The van der Waals surface area contributed by atoms with Crippen LogP contribution in [0.25, 0.3) is 0 Å². The Labute approximate surface area is 89.3 Å². The molecule has 5 nitrogen and oxygen atoms in total. The van der Waals surface area contributed by atoms with Gasteiger partial charge in [0.05, 0.1) is 11.9 Å². The number of ether oxygens (including phenoxy) is 1. The maximum atomic E-state index is 12.1. The van der Waals surface area contributed by atoms with Crippen LogP contribution in [0.4, 0.5) is 0 Å². The second kappa shape index (κ2) is 4.84. The molecule has 0 radical (unpaired) electrons. The SMILES string of the molecule is CCOc1cc(P(=O)(OC)OC)c(C)[nH]1. The summed E-state index contributed by atoms with van der Waals surface area (Å²) in [6.45, 7) is 4.22. The van der Waals surface area contributed by atoms with Crippen LogP contribution in [-0.4, -0.2) is 25.8 Å². The molecule has 1 heterocycles. The van der Waals surface area contributed by atoms with Crippen molar-refractivity contribution in [3.63, 3.8) is 0 Å². The summed E-state index contributed by atoms with van der Waals surface area (Å²) in [5, 5.41) is 0.510. The van der Waals surface area contributed by atoms with Crippen molar-refractivity contribution in [2.75, 3.05) is 20.8 Å². The molecule has 0 atom stereocenters. The van der Waals surface area contributed by atoms with Gasteiger partial charge in [-0.15, -0.1) is 0 Å². The fraction of sp³-hybridized carbons (Fsp3) is 0.556. The first kappa shape index (κ1) is 12.3. The topological polar surface area (TPSA) is 60.6 Å². The molecule has 1 rings (SSSR count). The van der Waals surface area contributed by atoms with Crippen LogP contribution in [0.1, 0.15) is 12.6 Å². The van der Waals surface area contributed by atoms with Gasteiger partial charge in [0.15, 0.2) is 5.88 Å². The molecule has 0 unspecified atom stereocenters. The molecule has 0 aliphatic rings. The lowest BCUT2D eigenvalue weighted by Gasteiger charge is -2.12. The lowest BCUT2D eigenvalue weighted by molar-refractivity contribution is 0.287. The van der Waals surface area contributed by atoms with Gasteiger partial charge < -0.3 is 18.8 Å². The second-order valence-electron chi connectivity index (χ2n) is 2.94. The zero-order valence-electron chi connectivity index (χ0n) is 9.36. The van der Waals surface area contributed by atoms with Crippen LogP contribution in [0.3, 0.4) is 0 Å². The first-order valence-corrected chi connectivity index (χ1v) is 6.16. The van der Waals surface area contributed by atoms with Gasteiger partial charge in [-0.25, -0.2) is 0 Å². The van der Waals surface area contributed by atoms with E-state index in [1.54, 1.807) is 13.0 Å². The van der Waals surface area contributed by atoms with E-state index in [2.05, 4.69) is 4.98 Å². The predicted octanol–water partition coefficient (Wildman–Crippen LogP) is 1.83. The summed E-state index contributed by atoms with van der Waals surface area (Å²) in [6.07, 6.45) is 0. The number of rotatable bonds is 5. The molecule has 0 aliphatic carbocycles. The van der Waals surface area contributed by atoms with E-state index in [1.807, 2.05) is 6.92 Å². The molecule has 15 heavy (non-hydrogen) atoms. The highest BCUT2D eigenvalue weighted by atomic mass is 31.2. The van der Waals surface area contributed by atoms with Crippen LogP contribution >= 0.6 is 7.60 Å². The minimum Gasteiger partial charge on any atom is -0.479 e. The van der Waals surface area contributed by atoms with Crippen LogP contribution in [-0.2, 0) is 13.6 Å². The van der Waals surface area contributed by atoms with Crippen LogP contribution in [0.15, 0.2) is 6.07 Å². The fourth-order valence-electron chi connectivity index (χ4n) is 1.31. The maximum Gasteiger partial charge on any atom is 0.362 e. The van der Waals surface area contributed by atoms with Crippen molar-refractivity contribution in [2.24, 2.45) is 0 Å². The number of aryl methyl sites for hydroxylation is 1. The number of aromatic nitrogens is 1. The summed E-state index contributed by atoms with van der Waals surface area (Å²) in [7, 11) is -0.469. The summed E-state index contributed by atoms with van der Waals surface area (Å²) >= 11 is 0. The third-order valence-corrected chi connectivity index (χ3v) is 4.05. The number of hydrogen-bond acceptors (Lipinski definition) is 4. The van der Waals surface area contributed by atoms with Gasteiger partial charge in [-0.05, 0) is 13.8 Å². The van der Waals surface area contributed by atoms with E-state index >= 15 is 0 Å². The van der Waals surface area contributed by atoms with E-state index in [9.17, 15) is 4.57 Å². The molecule has 0 fully saturated rings. The smallest absolute Gasteiger partial charge is 0.362 e. The Hall–Kier alpha value is -0.770. The van der Waals surface area contributed by atoms with Crippen molar-refractivity contribution < 1.29 is 18.3 Å². The van der Waals surface area contributed by atoms with Gasteiger partial charge >= 0.3 is 7.60 Å². The molecule has 1 aromatic rings. The summed E-state index contributed by atoms with van der Waals surface area (Å²) in [4.78, 5) is 2.97. The van der Waals surface area contributed by atoms with Crippen molar-refractivity contribution in [3.05, 3.63) is 11.8 Å². The minimum atomic E-state index is -3.19. The fourth-order valence-corrected chi connectivity index (χ4v) is 2.59. The monoisotopic (exact) mass is 233 g/mol. The molecule has 0 amide bonds. The van der Waals surface area contributed by atoms with E-state index in [0.717, 1.165) is 5.69 Å². The largest absolute Gasteiger partial charge is 0.479 e. The summed E-state index contributed by atoms with van der Waals surface area (Å²) in [5.41, 5.74) is 0.727. The van der Waals surface area contributed by atoms with Crippen molar-refractivity contribution in [3.8, 4) is 5.88 Å². The Morgan fingerprint density at radius 1 is 1.40 bits per heavy atom. The van der Waals surface area contributed by atoms with Crippen molar-refractivity contribution in [1.82, 2.24) is 4.98 Å². The van der Waals surface area contributed by atoms with Gasteiger partial charge in [0, 0.05) is 26.0 Å². The zero-order valence-corrected chi connectivity index (χ0v) is 10.3. The Balaban J connectivity index is 3.08. The van der Waals surface area contributed by atoms with E-state index < -0.39 is 7.60 Å². The molecule has 0 saturated carbocycles. The molecule has 0 spiro atoms. The molecule has 0 aromatic carbocycles. The Kier molecular flexibility index (Phi) is 3.97. The van der Waals surface area contributed by atoms with E-state index in [-0.39, 0.29) is 0 Å². The van der Waals surface area contributed by atoms with Crippen molar-refractivity contribution in [2.45, 2.75) is 13.8 Å². The lowest BCUT2D eigenvalue weighted by Crippen LogP contribution is -2.08. The second-order valence-corrected chi connectivity index (χ2v) is 5.15. The standard InChI is InChI=1S/C9H16NO4P/c1-5-14-9-6-8(7(2)10-9)15(11,12-3)13-4/h6,10H,5H2,1-4H3. The zero-order chi connectivity index (χ0) is 11.5. The molecular weight excluding hydrogens is 217 g/mol. The molecule has 1 aromatic heterocycles. The van der Waals surface area contributed by atoms with Gasteiger partial charge in [0.1, 0.15) is 0 Å². The minimum absolute atomic E-state index is 0.510. The number of aromatic amines is 1. The van der Waals surface area contributed by atoms with Crippen molar-refractivity contribution in [1.29, 1.82) is 0 Å². The number of H-pyrrole nitrogens is 1. The van der Waals surface area contributed by atoms with Crippen LogP contribution in [0, 0.1) is 6.92 Å². The third kappa shape index (κ3) is 2.43. The Morgan fingerprint density at radius 2 is 2.00 bits per heavy atom. The number of hydrogen-bond donors (Lipinski definition) is 1. The van der Waals surface area contributed by atoms with Crippen molar-refractivity contribution >= 4 is 12.9 Å². The normalized spacial score (nSPS) is 11.7. The Morgan fingerprint density at radius 3 is 2.47 bits per heavy atom. The first-order chi connectivity index (χ1) is 7.07. The quantitative estimate of drug-likeness (QED) is 0.788. The Bertz CT molecular complexity index is 366. The van der Waals surface area contributed by atoms with Gasteiger partial charge in [0.2, 0.25) is 0 Å². The van der Waals surface area contributed by atoms with Gasteiger partial charge in [-0.2, -0.15) is 0 Å². The van der Waals surface area contributed by atoms with Gasteiger partial charge in [-0.1, -0.05) is 0 Å².